The normalized spacial score (nSPS) is 11.7. The Labute approximate surface area is 94.8 Å². The number of aliphatic carboxylic acids is 1. The Morgan fingerprint density at radius 3 is 2.38 bits per heavy atom. The molecule has 0 heterocycles. The first-order valence-corrected chi connectivity index (χ1v) is 5.07. The van der Waals surface area contributed by atoms with E-state index in [2.05, 4.69) is 5.32 Å². The molecular formula is C10H17N3O3. The Morgan fingerprint density at radius 1 is 1.44 bits per heavy atom. The molecule has 6 heteroatoms. The average Bonchev–Trinajstić information content (AvgIpc) is 2.17. The van der Waals surface area contributed by atoms with Gasteiger partial charge in [0.05, 0.1) is 12.5 Å². The summed E-state index contributed by atoms with van der Waals surface area (Å²) in [6.45, 7) is 5.31. The van der Waals surface area contributed by atoms with E-state index in [1.807, 2.05) is 19.9 Å². The zero-order valence-corrected chi connectivity index (χ0v) is 9.73. The van der Waals surface area contributed by atoms with Gasteiger partial charge in [0.1, 0.15) is 6.04 Å². The van der Waals surface area contributed by atoms with E-state index in [4.69, 9.17) is 10.4 Å². The summed E-state index contributed by atoms with van der Waals surface area (Å²) in [6, 6.07) is 0.479. The summed E-state index contributed by atoms with van der Waals surface area (Å²) in [5.74, 6) is -1.09. The number of nitriles is 1. The maximum absolute atomic E-state index is 11.6. The van der Waals surface area contributed by atoms with Crippen molar-refractivity contribution in [2.45, 2.75) is 39.3 Å². The molecule has 0 spiro atoms. The zero-order valence-electron chi connectivity index (χ0n) is 9.73. The van der Waals surface area contributed by atoms with Crippen LogP contribution < -0.4 is 5.32 Å². The Kier molecular flexibility index (Phi) is 5.93. The Morgan fingerprint density at radius 2 is 2.00 bits per heavy atom. The summed E-state index contributed by atoms with van der Waals surface area (Å²) >= 11 is 0. The fourth-order valence-electron chi connectivity index (χ4n) is 1.09. The summed E-state index contributed by atoms with van der Waals surface area (Å²) in [5, 5.41) is 19.4. The number of rotatable bonds is 5. The Balaban J connectivity index is 4.39. The highest BCUT2D eigenvalue weighted by molar-refractivity contribution is 5.82. The number of nitrogens with one attached hydrogen (secondary N) is 1. The lowest BCUT2D eigenvalue weighted by Crippen LogP contribution is -2.49. The van der Waals surface area contributed by atoms with Crippen LogP contribution >= 0.6 is 0 Å². The van der Waals surface area contributed by atoms with Crippen LogP contribution in [0.3, 0.4) is 0 Å². The van der Waals surface area contributed by atoms with Crippen molar-refractivity contribution in [2.24, 2.45) is 0 Å². The highest BCUT2D eigenvalue weighted by Gasteiger charge is 2.20. The van der Waals surface area contributed by atoms with Gasteiger partial charge in [0, 0.05) is 12.6 Å². The summed E-state index contributed by atoms with van der Waals surface area (Å²) < 4.78 is 0. The third-order valence-electron chi connectivity index (χ3n) is 2.06. The minimum Gasteiger partial charge on any atom is -0.480 e. The van der Waals surface area contributed by atoms with Crippen LogP contribution in [0.4, 0.5) is 4.79 Å². The number of carbonyl (C=O) groups excluding carboxylic acids is 1. The zero-order chi connectivity index (χ0) is 12.7. The molecule has 0 aliphatic carbocycles. The van der Waals surface area contributed by atoms with Crippen LogP contribution in [0.1, 0.15) is 27.2 Å². The molecule has 2 N–H and O–H groups in total. The molecule has 0 aromatic rings. The molecule has 0 radical (unpaired) electrons. The van der Waals surface area contributed by atoms with Gasteiger partial charge < -0.3 is 15.3 Å². The van der Waals surface area contributed by atoms with Crippen LogP contribution in [0.5, 0.6) is 0 Å². The van der Waals surface area contributed by atoms with Crippen molar-refractivity contribution in [3.8, 4) is 6.07 Å². The third-order valence-corrected chi connectivity index (χ3v) is 2.06. The fraction of sp³-hybridized carbons (Fsp3) is 0.700. The van der Waals surface area contributed by atoms with Gasteiger partial charge in [0.25, 0.3) is 0 Å². The van der Waals surface area contributed by atoms with Gasteiger partial charge in [0.2, 0.25) is 0 Å². The lowest BCUT2D eigenvalue weighted by Gasteiger charge is -2.26. The second-order valence-corrected chi connectivity index (χ2v) is 3.70. The van der Waals surface area contributed by atoms with Crippen LogP contribution in [0, 0.1) is 11.3 Å². The maximum Gasteiger partial charge on any atom is 0.325 e. The van der Waals surface area contributed by atoms with E-state index in [0.29, 0.717) is 6.54 Å². The Hall–Kier alpha value is -1.77. The summed E-state index contributed by atoms with van der Waals surface area (Å²) in [5.41, 5.74) is 0. The number of nitrogens with zero attached hydrogens (tertiary/aromatic N) is 2. The molecule has 0 bridgehead atoms. The molecule has 0 fully saturated rings. The van der Waals surface area contributed by atoms with Gasteiger partial charge >= 0.3 is 12.0 Å². The minimum atomic E-state index is -1.09. The van der Waals surface area contributed by atoms with Gasteiger partial charge in [-0.05, 0) is 20.8 Å². The smallest absolute Gasteiger partial charge is 0.325 e. The van der Waals surface area contributed by atoms with E-state index >= 15 is 0 Å². The average molecular weight is 227 g/mol. The van der Waals surface area contributed by atoms with Gasteiger partial charge in [0.15, 0.2) is 0 Å². The standard InChI is InChI=1S/C10H17N3O3/c1-7(2)13(6-4-5-11)10(16)12-8(3)9(14)15/h7-8H,4,6H2,1-3H3,(H,12,16)(H,14,15)/t8-/m0/s1. The highest BCUT2D eigenvalue weighted by Crippen LogP contribution is 2.01. The van der Waals surface area contributed by atoms with E-state index < -0.39 is 18.0 Å². The molecule has 90 valence electrons. The molecule has 0 aliphatic rings. The van der Waals surface area contributed by atoms with Crippen molar-refractivity contribution < 1.29 is 14.7 Å². The van der Waals surface area contributed by atoms with Crippen LogP contribution in [0.15, 0.2) is 0 Å². The topological polar surface area (TPSA) is 93.4 Å². The molecular weight excluding hydrogens is 210 g/mol. The van der Waals surface area contributed by atoms with Gasteiger partial charge in [-0.2, -0.15) is 5.26 Å². The maximum atomic E-state index is 11.6. The van der Waals surface area contributed by atoms with Gasteiger partial charge in [-0.1, -0.05) is 0 Å². The predicted octanol–water partition coefficient (Wildman–Crippen LogP) is 0.793. The summed E-state index contributed by atoms with van der Waals surface area (Å²) in [6.07, 6.45) is 0.229. The second-order valence-electron chi connectivity index (χ2n) is 3.70. The highest BCUT2D eigenvalue weighted by atomic mass is 16.4. The van der Waals surface area contributed by atoms with Crippen LogP contribution in [0.25, 0.3) is 0 Å². The number of carbonyl (C=O) groups is 2. The van der Waals surface area contributed by atoms with Crippen molar-refractivity contribution in [2.75, 3.05) is 6.54 Å². The molecule has 0 aliphatic heterocycles. The second kappa shape index (κ2) is 6.67. The lowest BCUT2D eigenvalue weighted by atomic mass is 10.3. The number of carboxylic acids is 1. The van der Waals surface area contributed by atoms with Gasteiger partial charge in [-0.25, -0.2) is 4.79 Å². The summed E-state index contributed by atoms with van der Waals surface area (Å²) in [7, 11) is 0. The molecule has 0 aromatic carbocycles. The van der Waals surface area contributed by atoms with Crippen molar-refractivity contribution in [1.29, 1.82) is 5.26 Å². The van der Waals surface area contributed by atoms with E-state index in [9.17, 15) is 9.59 Å². The van der Waals surface area contributed by atoms with E-state index in [0.717, 1.165) is 0 Å². The first kappa shape index (κ1) is 14.2. The van der Waals surface area contributed by atoms with Crippen molar-refractivity contribution >= 4 is 12.0 Å². The quantitative estimate of drug-likeness (QED) is 0.726. The monoisotopic (exact) mass is 227 g/mol. The van der Waals surface area contributed by atoms with Crippen LogP contribution in [-0.2, 0) is 4.79 Å². The molecule has 0 saturated heterocycles. The number of carboxylic acid groups (broad SMARTS) is 1. The molecule has 0 aromatic heterocycles. The molecule has 0 unspecified atom stereocenters. The minimum absolute atomic E-state index is 0.0747. The van der Waals surface area contributed by atoms with Gasteiger partial charge in [-0.15, -0.1) is 0 Å². The van der Waals surface area contributed by atoms with Gasteiger partial charge in [-0.3, -0.25) is 4.79 Å². The van der Waals surface area contributed by atoms with Crippen LogP contribution in [-0.4, -0.2) is 40.6 Å². The number of hydrogen-bond acceptors (Lipinski definition) is 3. The molecule has 2 amide bonds. The molecule has 0 saturated carbocycles. The van der Waals surface area contributed by atoms with E-state index in [1.54, 1.807) is 0 Å². The largest absolute Gasteiger partial charge is 0.480 e. The molecule has 6 nitrogen and oxygen atoms in total. The third kappa shape index (κ3) is 4.64. The molecule has 1 atom stereocenters. The van der Waals surface area contributed by atoms with Crippen molar-refractivity contribution in [3.63, 3.8) is 0 Å². The lowest BCUT2D eigenvalue weighted by molar-refractivity contribution is -0.138. The van der Waals surface area contributed by atoms with E-state index in [1.165, 1.54) is 11.8 Å². The summed E-state index contributed by atoms with van der Waals surface area (Å²) in [4.78, 5) is 23.6. The number of amides is 2. The predicted molar refractivity (Wildman–Crippen MR) is 57.7 cm³/mol. The van der Waals surface area contributed by atoms with Crippen molar-refractivity contribution in [3.05, 3.63) is 0 Å². The van der Waals surface area contributed by atoms with E-state index in [-0.39, 0.29) is 12.5 Å². The SMILES string of the molecule is CC(C)N(CCC#N)C(=O)N[C@@H](C)C(=O)O. The molecule has 16 heavy (non-hydrogen) atoms. The fourth-order valence-corrected chi connectivity index (χ4v) is 1.09. The van der Waals surface area contributed by atoms with Crippen LogP contribution in [0.2, 0.25) is 0 Å². The number of hydrogen-bond donors (Lipinski definition) is 2. The number of urea groups is 1. The van der Waals surface area contributed by atoms with Crippen molar-refractivity contribution in [1.82, 2.24) is 10.2 Å². The Bertz CT molecular complexity index is 296. The first-order chi connectivity index (χ1) is 7.40. The first-order valence-electron chi connectivity index (χ1n) is 5.07. The molecule has 0 rings (SSSR count).